The number of aromatic nitrogens is 1. The molecule has 32 heavy (non-hydrogen) atoms. The Hall–Kier alpha value is -2.74. The molecule has 0 bridgehead atoms. The van der Waals surface area contributed by atoms with Crippen LogP contribution in [0, 0.1) is 5.41 Å². The fourth-order valence-electron chi connectivity index (χ4n) is 4.59. The summed E-state index contributed by atoms with van der Waals surface area (Å²) in [5.74, 6) is 1.64. The van der Waals surface area contributed by atoms with Crippen molar-refractivity contribution in [2.45, 2.75) is 32.8 Å². The van der Waals surface area contributed by atoms with Gasteiger partial charge in [0, 0.05) is 12.0 Å². The highest BCUT2D eigenvalue weighted by molar-refractivity contribution is 7.84. The first-order valence-corrected chi connectivity index (χ1v) is 13.3. The summed E-state index contributed by atoms with van der Waals surface area (Å²) in [6, 6.07) is 31.4. The summed E-state index contributed by atoms with van der Waals surface area (Å²) in [5, 5.41) is 2.48. The lowest BCUT2D eigenvalue weighted by molar-refractivity contribution is 0.123. The third-order valence-electron chi connectivity index (χ3n) is 6.27. The highest BCUT2D eigenvalue weighted by Crippen LogP contribution is 2.60. The van der Waals surface area contributed by atoms with E-state index in [1.54, 1.807) is 0 Å². The molecule has 0 amide bonds. The predicted octanol–water partition coefficient (Wildman–Crippen LogP) is 6.59. The second-order valence-electron chi connectivity index (χ2n) is 9.43. The van der Waals surface area contributed by atoms with Crippen molar-refractivity contribution < 1.29 is 8.94 Å². The third kappa shape index (κ3) is 4.03. The van der Waals surface area contributed by atoms with Gasteiger partial charge in [0.25, 0.3) is 0 Å². The van der Waals surface area contributed by atoms with E-state index < -0.39 is 7.49 Å². The molecular weight excluding hydrogens is 413 g/mol. The number of fused-ring (bicyclic) bond motifs is 1. The Balaban J connectivity index is 1.59. The molecule has 0 fully saturated rings. The number of oxazole rings is 1. The molecule has 1 atom stereocenters. The smallest absolute Gasteiger partial charge is 0.226 e. The molecule has 1 heterocycles. The van der Waals surface area contributed by atoms with E-state index in [0.29, 0.717) is 5.89 Å². The lowest BCUT2D eigenvalue weighted by atomic mass is 9.77. The van der Waals surface area contributed by atoms with Gasteiger partial charge in [-0.05, 0) is 48.2 Å². The van der Waals surface area contributed by atoms with Gasteiger partial charge in [-0.1, -0.05) is 68.4 Å². The summed E-state index contributed by atoms with van der Waals surface area (Å²) >= 11 is 0. The van der Waals surface area contributed by atoms with Crippen molar-refractivity contribution >= 4 is 18.1 Å². The maximum absolute atomic E-state index is 7.15. The summed E-state index contributed by atoms with van der Waals surface area (Å²) < 4.78 is 13.5. The van der Waals surface area contributed by atoms with Crippen molar-refractivity contribution in [3.8, 4) is 11.5 Å². The average molecular weight is 443 g/mol. The van der Waals surface area contributed by atoms with Crippen LogP contribution in [0.2, 0.25) is 0 Å². The van der Waals surface area contributed by atoms with Crippen LogP contribution in [0.5, 0.6) is 0 Å². The normalized spacial score (nSPS) is 17.7. The molecule has 0 N–H and O–H groups in total. The van der Waals surface area contributed by atoms with E-state index in [1.165, 1.54) is 10.6 Å². The standard InChI is InChI=1S/C28H29NO2P/c1-28(2)19-24-26(29-27(30-24)21-13-7-4-8-14-21)25(20-28)31-32(3,22-15-9-5-10-16-22)23-17-11-6-12-18-23/h4-18,25H,19-20H2,1-3H3/q+1. The highest BCUT2D eigenvalue weighted by atomic mass is 31.2. The minimum atomic E-state index is -2.10. The molecule has 0 saturated heterocycles. The molecular formula is C28H29NO2P+. The maximum Gasteiger partial charge on any atom is 0.226 e. The SMILES string of the molecule is CC1(C)Cc2oc(-c3ccccc3)nc2C(O[P+](C)(c2ccccc2)c2ccccc2)C1. The molecule has 4 aromatic rings. The van der Waals surface area contributed by atoms with Crippen LogP contribution in [0.25, 0.3) is 11.5 Å². The second kappa shape index (κ2) is 8.31. The van der Waals surface area contributed by atoms with Gasteiger partial charge in [-0.3, -0.25) is 0 Å². The Bertz CT molecular complexity index is 1150. The van der Waals surface area contributed by atoms with Gasteiger partial charge >= 0.3 is 0 Å². The third-order valence-corrected chi connectivity index (χ3v) is 9.51. The van der Waals surface area contributed by atoms with Crippen molar-refractivity contribution in [3.05, 3.63) is 102 Å². The number of nitrogens with zero attached hydrogens (tertiary/aromatic N) is 1. The zero-order chi connectivity index (χ0) is 22.2. The van der Waals surface area contributed by atoms with Crippen LogP contribution < -0.4 is 10.6 Å². The van der Waals surface area contributed by atoms with Crippen molar-refractivity contribution in [1.29, 1.82) is 0 Å². The summed E-state index contributed by atoms with van der Waals surface area (Å²) in [7, 11) is -2.10. The van der Waals surface area contributed by atoms with E-state index >= 15 is 0 Å². The first-order valence-electron chi connectivity index (χ1n) is 11.2. The number of rotatable bonds is 5. The summed E-state index contributed by atoms with van der Waals surface area (Å²) in [6.07, 6.45) is 1.66. The van der Waals surface area contributed by atoms with Crippen LogP contribution in [0.4, 0.5) is 0 Å². The minimum absolute atomic E-state index is 0.0728. The van der Waals surface area contributed by atoms with Crippen molar-refractivity contribution in [3.63, 3.8) is 0 Å². The molecule has 4 heteroatoms. The van der Waals surface area contributed by atoms with Gasteiger partial charge < -0.3 is 4.42 Å². The molecule has 0 saturated carbocycles. The maximum atomic E-state index is 7.15. The van der Waals surface area contributed by atoms with Gasteiger partial charge in [0.05, 0.1) is 6.66 Å². The molecule has 0 radical (unpaired) electrons. The van der Waals surface area contributed by atoms with E-state index in [4.69, 9.17) is 13.9 Å². The van der Waals surface area contributed by atoms with E-state index in [-0.39, 0.29) is 11.5 Å². The van der Waals surface area contributed by atoms with E-state index in [1.807, 2.05) is 30.3 Å². The molecule has 5 rings (SSSR count). The zero-order valence-electron chi connectivity index (χ0n) is 18.9. The molecule has 1 aromatic heterocycles. The molecule has 1 aliphatic carbocycles. The largest absolute Gasteiger partial charge is 0.441 e. The quantitative estimate of drug-likeness (QED) is 0.327. The first kappa shape index (κ1) is 21.1. The van der Waals surface area contributed by atoms with Gasteiger partial charge in [0.1, 0.15) is 28.2 Å². The lowest BCUT2D eigenvalue weighted by Crippen LogP contribution is -2.30. The summed E-state index contributed by atoms with van der Waals surface area (Å²) in [6.45, 7) is 6.85. The Kier molecular flexibility index (Phi) is 5.49. The summed E-state index contributed by atoms with van der Waals surface area (Å²) in [4.78, 5) is 4.97. The average Bonchev–Trinajstić information content (AvgIpc) is 3.24. The topological polar surface area (TPSA) is 35.3 Å². The first-order chi connectivity index (χ1) is 15.4. The van der Waals surface area contributed by atoms with Crippen LogP contribution in [0.15, 0.2) is 95.4 Å². The minimum Gasteiger partial charge on any atom is -0.441 e. The van der Waals surface area contributed by atoms with Gasteiger partial charge in [-0.15, -0.1) is 0 Å². The molecule has 3 aromatic carbocycles. The van der Waals surface area contributed by atoms with Crippen LogP contribution in [0.3, 0.4) is 0 Å². The van der Waals surface area contributed by atoms with E-state index in [9.17, 15) is 0 Å². The van der Waals surface area contributed by atoms with Crippen molar-refractivity contribution in [2.24, 2.45) is 5.41 Å². The molecule has 1 unspecified atom stereocenters. The van der Waals surface area contributed by atoms with E-state index in [0.717, 1.165) is 29.9 Å². The summed E-state index contributed by atoms with van der Waals surface area (Å²) in [5.41, 5.74) is 2.03. The van der Waals surface area contributed by atoms with Gasteiger partial charge in [0.2, 0.25) is 13.4 Å². The number of benzene rings is 3. The van der Waals surface area contributed by atoms with Crippen LogP contribution in [-0.4, -0.2) is 11.6 Å². The Labute approximate surface area is 190 Å². The van der Waals surface area contributed by atoms with Crippen LogP contribution in [0.1, 0.15) is 37.8 Å². The van der Waals surface area contributed by atoms with Crippen LogP contribution >= 0.6 is 7.49 Å². The van der Waals surface area contributed by atoms with Crippen molar-refractivity contribution in [2.75, 3.05) is 6.66 Å². The van der Waals surface area contributed by atoms with Gasteiger partial charge in [-0.25, -0.2) is 9.51 Å². The number of hydrogen-bond acceptors (Lipinski definition) is 3. The fraction of sp³-hybridized carbons (Fsp3) is 0.250. The predicted molar refractivity (Wildman–Crippen MR) is 133 cm³/mol. The molecule has 0 spiro atoms. The molecule has 1 aliphatic rings. The van der Waals surface area contributed by atoms with Gasteiger partial charge in [0.15, 0.2) is 0 Å². The Morgan fingerprint density at radius 3 is 1.94 bits per heavy atom. The van der Waals surface area contributed by atoms with Gasteiger partial charge in [-0.2, -0.15) is 0 Å². The molecule has 0 aliphatic heterocycles. The Morgan fingerprint density at radius 2 is 1.38 bits per heavy atom. The number of hydrogen-bond donors (Lipinski definition) is 0. The lowest BCUT2D eigenvalue weighted by Gasteiger charge is -2.35. The molecule has 162 valence electrons. The zero-order valence-corrected chi connectivity index (χ0v) is 19.8. The van der Waals surface area contributed by atoms with Crippen molar-refractivity contribution in [1.82, 2.24) is 4.98 Å². The van der Waals surface area contributed by atoms with Crippen LogP contribution in [-0.2, 0) is 10.9 Å². The second-order valence-corrected chi connectivity index (χ2v) is 12.5. The Morgan fingerprint density at radius 1 is 0.844 bits per heavy atom. The monoisotopic (exact) mass is 442 g/mol. The molecule has 3 nitrogen and oxygen atoms in total. The fourth-order valence-corrected chi connectivity index (χ4v) is 7.30. The van der Waals surface area contributed by atoms with E-state index in [2.05, 4.69) is 81.2 Å². The highest BCUT2D eigenvalue weighted by Gasteiger charge is 2.47.